The quantitative estimate of drug-likeness (QED) is 0.304. The summed E-state index contributed by atoms with van der Waals surface area (Å²) < 4.78 is 28.1. The second kappa shape index (κ2) is 10.8. The van der Waals surface area contributed by atoms with Crippen molar-refractivity contribution in [2.45, 2.75) is 51.9 Å². The second-order valence-corrected chi connectivity index (χ2v) is 12.1. The average Bonchev–Trinajstić information content (AvgIpc) is 2.82. The number of sulfonamides is 1. The molecule has 0 bridgehead atoms. The molecule has 0 spiro atoms. The van der Waals surface area contributed by atoms with Crippen LogP contribution in [0.1, 0.15) is 49.9 Å². The van der Waals surface area contributed by atoms with E-state index in [0.29, 0.717) is 16.4 Å². The first kappa shape index (κ1) is 27.4. The van der Waals surface area contributed by atoms with E-state index in [1.54, 1.807) is 37.3 Å². The molecule has 0 saturated heterocycles. The third kappa shape index (κ3) is 6.53. The molecular weight excluding hydrogens is 494 g/mol. The molecule has 3 rings (SSSR count). The van der Waals surface area contributed by atoms with Gasteiger partial charge in [-0.15, -0.1) is 0 Å². The molecular formula is C28H32ClN3O3S. The molecule has 3 aromatic rings. The van der Waals surface area contributed by atoms with Crippen molar-refractivity contribution >= 4 is 38.9 Å². The molecule has 0 aliphatic rings. The second-order valence-electron chi connectivity index (χ2n) is 9.82. The highest BCUT2D eigenvalue weighted by Crippen LogP contribution is 2.28. The summed E-state index contributed by atoms with van der Waals surface area (Å²) in [5.41, 5.74) is 7.20. The summed E-state index contributed by atoms with van der Waals surface area (Å²) in [5, 5.41) is 4.61. The maximum atomic E-state index is 13.5. The molecule has 0 saturated carbocycles. The summed E-state index contributed by atoms with van der Waals surface area (Å²) in [4.78, 5) is 13.0. The van der Waals surface area contributed by atoms with Gasteiger partial charge in [-0.2, -0.15) is 5.10 Å². The van der Waals surface area contributed by atoms with Gasteiger partial charge in [0.2, 0.25) is 0 Å². The van der Waals surface area contributed by atoms with E-state index in [1.807, 2.05) is 38.1 Å². The fourth-order valence-electron chi connectivity index (χ4n) is 3.48. The molecule has 8 heteroatoms. The Hall–Kier alpha value is -3.16. The van der Waals surface area contributed by atoms with Gasteiger partial charge in [-0.25, -0.2) is 13.8 Å². The van der Waals surface area contributed by atoms with Gasteiger partial charge >= 0.3 is 0 Å². The van der Waals surface area contributed by atoms with E-state index in [2.05, 4.69) is 31.3 Å². The lowest BCUT2D eigenvalue weighted by molar-refractivity contribution is -0.119. The highest BCUT2D eigenvalue weighted by molar-refractivity contribution is 7.92. The van der Waals surface area contributed by atoms with Crippen LogP contribution in [0.2, 0.25) is 5.02 Å². The maximum Gasteiger partial charge on any atom is 0.264 e. The van der Waals surface area contributed by atoms with Crippen molar-refractivity contribution < 1.29 is 13.2 Å². The SMILES string of the molecule is C/C(=N/NC(=O)CN(c1ccc(C)c(Cl)c1)S(=O)(=O)c1ccc(C)cc1)c1ccc(C(C)(C)C)cc1. The maximum absolute atomic E-state index is 13.5. The van der Waals surface area contributed by atoms with E-state index in [4.69, 9.17) is 11.6 Å². The number of hydrazone groups is 1. The Labute approximate surface area is 219 Å². The number of anilines is 1. The molecule has 0 aliphatic heterocycles. The Morgan fingerprint density at radius 2 is 1.58 bits per heavy atom. The summed E-state index contributed by atoms with van der Waals surface area (Å²) in [6, 6.07) is 19.3. The number of nitrogens with one attached hydrogen (secondary N) is 1. The lowest BCUT2D eigenvalue weighted by Gasteiger charge is -2.24. The molecule has 0 atom stereocenters. The molecule has 0 unspecified atom stereocenters. The van der Waals surface area contributed by atoms with Crippen molar-refractivity contribution in [1.29, 1.82) is 0 Å². The molecule has 190 valence electrons. The van der Waals surface area contributed by atoms with Crippen LogP contribution in [0.25, 0.3) is 0 Å². The van der Waals surface area contributed by atoms with Gasteiger partial charge in [-0.1, -0.05) is 80.4 Å². The number of carbonyl (C=O) groups excluding carboxylic acids is 1. The molecule has 0 aliphatic carbocycles. The van der Waals surface area contributed by atoms with Gasteiger partial charge < -0.3 is 0 Å². The van der Waals surface area contributed by atoms with E-state index in [1.165, 1.54) is 17.7 Å². The van der Waals surface area contributed by atoms with Crippen LogP contribution in [0.3, 0.4) is 0 Å². The van der Waals surface area contributed by atoms with Gasteiger partial charge in [0.1, 0.15) is 6.54 Å². The van der Waals surface area contributed by atoms with Crippen molar-refractivity contribution in [2.24, 2.45) is 5.10 Å². The largest absolute Gasteiger partial charge is 0.271 e. The van der Waals surface area contributed by atoms with E-state index in [9.17, 15) is 13.2 Å². The average molecular weight is 526 g/mol. The van der Waals surface area contributed by atoms with Crippen LogP contribution < -0.4 is 9.73 Å². The molecule has 0 aromatic heterocycles. The zero-order valence-corrected chi connectivity index (χ0v) is 23.0. The van der Waals surface area contributed by atoms with Crippen LogP contribution in [0.15, 0.2) is 76.7 Å². The number of hydrogen-bond acceptors (Lipinski definition) is 4. The highest BCUT2D eigenvalue weighted by atomic mass is 35.5. The standard InChI is InChI=1S/C28H32ClN3O3S/c1-19-7-15-25(16-8-19)36(34,35)32(24-14-9-20(2)26(29)17-24)18-27(33)31-30-21(3)22-10-12-23(13-11-22)28(4,5)6/h7-17H,18H2,1-6H3,(H,31,33)/b30-21-. The van der Waals surface area contributed by atoms with Crippen LogP contribution in [0.5, 0.6) is 0 Å². The molecule has 0 heterocycles. The van der Waals surface area contributed by atoms with Gasteiger partial charge in [-0.3, -0.25) is 9.10 Å². The molecule has 1 N–H and O–H groups in total. The number of halogens is 1. The van der Waals surface area contributed by atoms with Gasteiger partial charge in [0.25, 0.3) is 15.9 Å². The normalized spacial score (nSPS) is 12.4. The minimum Gasteiger partial charge on any atom is -0.271 e. The first-order chi connectivity index (χ1) is 16.8. The summed E-state index contributed by atoms with van der Waals surface area (Å²) in [6.07, 6.45) is 0. The van der Waals surface area contributed by atoms with Gasteiger partial charge in [-0.05, 0) is 67.1 Å². The van der Waals surface area contributed by atoms with Crippen LogP contribution >= 0.6 is 11.6 Å². The monoisotopic (exact) mass is 525 g/mol. The highest BCUT2D eigenvalue weighted by Gasteiger charge is 2.27. The molecule has 1 amide bonds. The van der Waals surface area contributed by atoms with Crippen LogP contribution in [0, 0.1) is 13.8 Å². The summed E-state index contributed by atoms with van der Waals surface area (Å²) in [6.45, 7) is 11.4. The molecule has 3 aromatic carbocycles. The topological polar surface area (TPSA) is 78.8 Å². The van der Waals surface area contributed by atoms with Crippen molar-refractivity contribution in [3.8, 4) is 0 Å². The Balaban J connectivity index is 1.86. The number of nitrogens with zero attached hydrogens (tertiary/aromatic N) is 2. The summed E-state index contributed by atoms with van der Waals surface area (Å²) >= 11 is 6.28. The van der Waals surface area contributed by atoms with Crippen molar-refractivity contribution in [3.05, 3.63) is 94.0 Å². The minimum absolute atomic E-state index is 0.0308. The van der Waals surface area contributed by atoms with E-state index in [0.717, 1.165) is 21.0 Å². The lowest BCUT2D eigenvalue weighted by Crippen LogP contribution is -2.39. The van der Waals surface area contributed by atoms with Crippen LogP contribution in [0.4, 0.5) is 5.69 Å². The fraction of sp³-hybridized carbons (Fsp3) is 0.286. The zero-order valence-electron chi connectivity index (χ0n) is 21.5. The Bertz CT molecular complexity index is 1380. The van der Waals surface area contributed by atoms with Crippen molar-refractivity contribution in [1.82, 2.24) is 5.43 Å². The molecule has 0 radical (unpaired) electrons. The predicted octanol–water partition coefficient (Wildman–Crippen LogP) is 5.99. The van der Waals surface area contributed by atoms with Crippen molar-refractivity contribution in [2.75, 3.05) is 10.8 Å². The number of carbonyl (C=O) groups is 1. The molecule has 0 fully saturated rings. The molecule has 6 nitrogen and oxygen atoms in total. The summed E-state index contributed by atoms with van der Waals surface area (Å²) in [5.74, 6) is -0.576. The van der Waals surface area contributed by atoms with Crippen molar-refractivity contribution in [3.63, 3.8) is 0 Å². The van der Waals surface area contributed by atoms with Gasteiger partial charge in [0, 0.05) is 5.02 Å². The Morgan fingerprint density at radius 1 is 0.972 bits per heavy atom. The summed E-state index contributed by atoms with van der Waals surface area (Å²) in [7, 11) is -4.04. The van der Waals surface area contributed by atoms with Gasteiger partial charge in [0.15, 0.2) is 0 Å². The smallest absolute Gasteiger partial charge is 0.264 e. The molecule has 36 heavy (non-hydrogen) atoms. The van der Waals surface area contributed by atoms with Crippen LogP contribution in [-0.4, -0.2) is 26.6 Å². The fourth-order valence-corrected chi connectivity index (χ4v) is 5.06. The first-order valence-electron chi connectivity index (χ1n) is 11.6. The lowest BCUT2D eigenvalue weighted by atomic mass is 9.86. The van der Waals surface area contributed by atoms with Gasteiger partial charge in [0.05, 0.1) is 16.3 Å². The third-order valence-electron chi connectivity index (χ3n) is 5.86. The Morgan fingerprint density at radius 3 is 2.14 bits per heavy atom. The van der Waals surface area contributed by atoms with E-state index >= 15 is 0 Å². The number of benzene rings is 3. The number of aryl methyl sites for hydroxylation is 2. The predicted molar refractivity (Wildman–Crippen MR) is 147 cm³/mol. The van der Waals surface area contributed by atoms with Crippen LogP contribution in [-0.2, 0) is 20.2 Å². The Kier molecular flexibility index (Phi) is 8.26. The third-order valence-corrected chi connectivity index (χ3v) is 8.05. The minimum atomic E-state index is -4.04. The number of amides is 1. The number of hydrogen-bond donors (Lipinski definition) is 1. The van der Waals surface area contributed by atoms with E-state index in [-0.39, 0.29) is 10.3 Å². The zero-order chi connectivity index (χ0) is 26.7. The first-order valence-corrected chi connectivity index (χ1v) is 13.4. The number of rotatable bonds is 7. The van der Waals surface area contributed by atoms with E-state index < -0.39 is 22.5 Å².